The Labute approximate surface area is 115 Å². The third kappa shape index (κ3) is 2.22. The molecule has 2 saturated heterocycles. The number of amides is 2. The van der Waals surface area contributed by atoms with Crippen LogP contribution in [0, 0.1) is 18.3 Å². The summed E-state index contributed by atoms with van der Waals surface area (Å²) in [6, 6.07) is -1.02. The summed E-state index contributed by atoms with van der Waals surface area (Å²) < 4.78 is 0. The molecular weight excluding hydrogens is 240 g/mol. The van der Waals surface area contributed by atoms with Crippen molar-refractivity contribution in [3.63, 3.8) is 0 Å². The number of piperidine rings is 1. The van der Waals surface area contributed by atoms with Crippen LogP contribution in [0.3, 0.4) is 0 Å². The van der Waals surface area contributed by atoms with Gasteiger partial charge in [-0.05, 0) is 32.1 Å². The maximum atomic E-state index is 12.7. The zero-order valence-electron chi connectivity index (χ0n) is 11.9. The highest BCUT2D eigenvalue weighted by Crippen LogP contribution is 2.30. The van der Waals surface area contributed by atoms with Crippen molar-refractivity contribution in [2.45, 2.75) is 58.2 Å². The minimum atomic E-state index is -0.409. The highest BCUT2D eigenvalue weighted by Gasteiger charge is 2.48. The van der Waals surface area contributed by atoms with E-state index in [0.717, 1.165) is 19.3 Å². The lowest BCUT2D eigenvalue weighted by molar-refractivity contribution is -0.167. The van der Waals surface area contributed by atoms with Gasteiger partial charge in [-0.2, -0.15) is 0 Å². The van der Waals surface area contributed by atoms with E-state index >= 15 is 0 Å². The molecule has 0 aromatic heterocycles. The molecule has 0 aromatic carbocycles. The van der Waals surface area contributed by atoms with Crippen LogP contribution >= 0.6 is 0 Å². The van der Waals surface area contributed by atoms with Crippen molar-refractivity contribution in [2.75, 3.05) is 6.54 Å². The van der Waals surface area contributed by atoms with Crippen molar-refractivity contribution < 1.29 is 9.59 Å². The Morgan fingerprint density at radius 3 is 2.47 bits per heavy atom. The summed E-state index contributed by atoms with van der Waals surface area (Å²) in [6.07, 6.45) is 8.24. The van der Waals surface area contributed by atoms with Crippen LogP contribution < -0.4 is 0 Å². The Bertz CT molecular complexity index is 424. The number of hydrogen-bond acceptors (Lipinski definition) is 2. The molecule has 0 radical (unpaired) electrons. The van der Waals surface area contributed by atoms with Gasteiger partial charge >= 0.3 is 0 Å². The van der Waals surface area contributed by atoms with Crippen molar-refractivity contribution in [1.82, 2.24) is 9.80 Å². The smallest absolute Gasteiger partial charge is 0.247 e. The van der Waals surface area contributed by atoms with Crippen LogP contribution in [0.1, 0.15) is 40.0 Å². The highest BCUT2D eigenvalue weighted by molar-refractivity contribution is 5.97. The third-order valence-corrected chi connectivity index (χ3v) is 4.17. The molecule has 0 spiro atoms. The number of carbonyl (C=O) groups excluding carboxylic acids is 2. The van der Waals surface area contributed by atoms with Gasteiger partial charge in [-0.1, -0.05) is 19.8 Å². The van der Waals surface area contributed by atoms with Gasteiger partial charge in [0, 0.05) is 6.54 Å². The van der Waals surface area contributed by atoms with Gasteiger partial charge in [0.2, 0.25) is 11.8 Å². The molecule has 3 atom stereocenters. The molecule has 0 saturated carbocycles. The van der Waals surface area contributed by atoms with Gasteiger partial charge in [0.1, 0.15) is 12.1 Å². The van der Waals surface area contributed by atoms with Crippen molar-refractivity contribution in [1.29, 1.82) is 0 Å². The number of rotatable bonds is 2. The molecular formula is C15H22N2O2. The lowest BCUT2D eigenvalue weighted by Crippen LogP contribution is -2.68. The minimum absolute atomic E-state index is 0.0310. The van der Waals surface area contributed by atoms with Crippen LogP contribution in [0.15, 0.2) is 0 Å². The fourth-order valence-corrected chi connectivity index (χ4v) is 3.17. The van der Waals surface area contributed by atoms with Crippen LogP contribution in [0.2, 0.25) is 0 Å². The molecule has 2 fully saturated rings. The molecule has 0 aromatic rings. The molecule has 0 N–H and O–H groups in total. The molecule has 4 heteroatoms. The second-order valence-corrected chi connectivity index (χ2v) is 5.82. The molecule has 2 aliphatic rings. The van der Waals surface area contributed by atoms with E-state index in [1.807, 2.05) is 20.8 Å². The first-order valence-electron chi connectivity index (χ1n) is 7.07. The molecule has 104 valence electrons. The quantitative estimate of drug-likeness (QED) is 0.703. The van der Waals surface area contributed by atoms with Crippen molar-refractivity contribution in [2.24, 2.45) is 5.92 Å². The van der Waals surface area contributed by atoms with Crippen molar-refractivity contribution in [3.05, 3.63) is 0 Å². The summed E-state index contributed by atoms with van der Waals surface area (Å²) in [6.45, 7) is 6.46. The Kier molecular flexibility index (Phi) is 3.84. The Balaban J connectivity index is 2.38. The van der Waals surface area contributed by atoms with Crippen LogP contribution in [-0.2, 0) is 9.59 Å². The number of fused-ring (bicyclic) bond motifs is 1. The lowest BCUT2D eigenvalue weighted by Gasteiger charge is -2.49. The molecule has 2 rings (SSSR count). The molecule has 0 bridgehead atoms. The summed E-state index contributed by atoms with van der Waals surface area (Å²) in [7, 11) is 0. The predicted octanol–water partition coefficient (Wildman–Crippen LogP) is 1.26. The number of carbonyl (C=O) groups is 2. The van der Waals surface area contributed by atoms with Gasteiger partial charge in [-0.25, -0.2) is 0 Å². The summed E-state index contributed by atoms with van der Waals surface area (Å²) >= 11 is 0. The summed E-state index contributed by atoms with van der Waals surface area (Å²) in [5, 5.41) is 0. The third-order valence-electron chi connectivity index (χ3n) is 4.17. The van der Waals surface area contributed by atoms with E-state index < -0.39 is 6.04 Å². The maximum absolute atomic E-state index is 12.7. The molecule has 2 amide bonds. The first-order valence-corrected chi connectivity index (χ1v) is 7.07. The van der Waals surface area contributed by atoms with Crippen molar-refractivity contribution >= 4 is 11.8 Å². The van der Waals surface area contributed by atoms with Crippen LogP contribution in [0.25, 0.3) is 0 Å². The highest BCUT2D eigenvalue weighted by atomic mass is 16.2. The Hall–Kier alpha value is -1.50. The average molecular weight is 262 g/mol. The second kappa shape index (κ2) is 5.24. The molecule has 3 unspecified atom stereocenters. The van der Waals surface area contributed by atoms with E-state index in [-0.39, 0.29) is 29.8 Å². The SMILES string of the molecule is C#CC(C)N1C(=O)C2CCCCN2C(=O)C1C(C)C. The standard InChI is InChI=1S/C15H22N2O2/c1-5-11(4)17-13(10(2)3)15(19)16-9-7-6-8-12(16)14(17)18/h1,10-13H,6-9H2,2-4H3. The average Bonchev–Trinajstić information content (AvgIpc) is 2.41. The number of piperazine rings is 1. The van der Waals surface area contributed by atoms with Gasteiger partial charge in [0.25, 0.3) is 0 Å². The van der Waals surface area contributed by atoms with Gasteiger partial charge < -0.3 is 9.80 Å². The molecule has 19 heavy (non-hydrogen) atoms. The molecule has 4 nitrogen and oxygen atoms in total. The van der Waals surface area contributed by atoms with Crippen LogP contribution in [-0.4, -0.2) is 46.3 Å². The predicted molar refractivity (Wildman–Crippen MR) is 73.1 cm³/mol. The fourth-order valence-electron chi connectivity index (χ4n) is 3.17. The first-order chi connectivity index (χ1) is 8.99. The van der Waals surface area contributed by atoms with Gasteiger partial charge in [-0.3, -0.25) is 9.59 Å². The molecule has 2 heterocycles. The van der Waals surface area contributed by atoms with E-state index in [2.05, 4.69) is 5.92 Å². The first kappa shape index (κ1) is 13.9. The summed E-state index contributed by atoms with van der Waals surface area (Å²) in [5.74, 6) is 2.78. The minimum Gasteiger partial charge on any atom is -0.329 e. The van der Waals surface area contributed by atoms with Gasteiger partial charge in [0.15, 0.2) is 0 Å². The largest absolute Gasteiger partial charge is 0.329 e. The number of hydrogen-bond donors (Lipinski definition) is 0. The fraction of sp³-hybridized carbons (Fsp3) is 0.733. The topological polar surface area (TPSA) is 40.6 Å². The van der Waals surface area contributed by atoms with Gasteiger partial charge in [0.05, 0.1) is 6.04 Å². The van der Waals surface area contributed by atoms with E-state index in [9.17, 15) is 9.59 Å². The van der Waals surface area contributed by atoms with E-state index in [1.165, 1.54) is 0 Å². The number of terminal acetylenes is 1. The van der Waals surface area contributed by atoms with Crippen molar-refractivity contribution in [3.8, 4) is 12.3 Å². The van der Waals surface area contributed by atoms with E-state index in [1.54, 1.807) is 9.80 Å². The molecule has 2 aliphatic heterocycles. The van der Waals surface area contributed by atoms with Crippen LogP contribution in [0.4, 0.5) is 0 Å². The maximum Gasteiger partial charge on any atom is 0.247 e. The second-order valence-electron chi connectivity index (χ2n) is 5.82. The lowest BCUT2D eigenvalue weighted by atomic mass is 9.89. The van der Waals surface area contributed by atoms with Crippen LogP contribution in [0.5, 0.6) is 0 Å². The van der Waals surface area contributed by atoms with Gasteiger partial charge in [-0.15, -0.1) is 6.42 Å². The molecule has 0 aliphatic carbocycles. The summed E-state index contributed by atoms with van der Waals surface area (Å²) in [5.41, 5.74) is 0. The number of nitrogens with zero attached hydrogens (tertiary/aromatic N) is 2. The van der Waals surface area contributed by atoms with E-state index in [4.69, 9.17) is 6.42 Å². The van der Waals surface area contributed by atoms with E-state index in [0.29, 0.717) is 6.54 Å². The zero-order chi connectivity index (χ0) is 14.2. The Morgan fingerprint density at radius 2 is 1.89 bits per heavy atom. The zero-order valence-corrected chi connectivity index (χ0v) is 11.9. The summed E-state index contributed by atoms with van der Waals surface area (Å²) in [4.78, 5) is 28.7. The Morgan fingerprint density at radius 1 is 1.21 bits per heavy atom. The monoisotopic (exact) mass is 262 g/mol. The normalized spacial score (nSPS) is 29.2.